The first-order chi connectivity index (χ1) is 12.6. The van der Waals surface area contributed by atoms with Gasteiger partial charge in [-0.1, -0.05) is 30.3 Å². The van der Waals surface area contributed by atoms with Crippen LogP contribution in [-0.2, 0) is 24.2 Å². The Labute approximate surface area is 151 Å². The topological polar surface area (TPSA) is 109 Å². The molecule has 2 heterocycles. The minimum Gasteiger partial charge on any atom is -0.481 e. The van der Waals surface area contributed by atoms with Gasteiger partial charge < -0.3 is 10.4 Å². The van der Waals surface area contributed by atoms with Crippen LogP contribution >= 0.6 is 0 Å². The summed E-state index contributed by atoms with van der Waals surface area (Å²) in [7, 11) is 0. The Hall–Kier alpha value is -2.90. The second kappa shape index (κ2) is 8.46. The number of anilines is 1. The number of aryl methyl sites for hydroxylation is 2. The van der Waals surface area contributed by atoms with E-state index in [9.17, 15) is 9.59 Å². The first-order valence-electron chi connectivity index (χ1n) is 8.87. The Morgan fingerprint density at radius 1 is 1.23 bits per heavy atom. The van der Waals surface area contributed by atoms with Crippen molar-refractivity contribution in [1.29, 1.82) is 0 Å². The summed E-state index contributed by atoms with van der Waals surface area (Å²) in [6.07, 6.45) is 3.93. The SMILES string of the molecule is O=C(O)CCC(Cc1ccccc1)NC(=O)Nc1nc2n(n1)CCCC2. The summed E-state index contributed by atoms with van der Waals surface area (Å²) < 4.78 is 1.82. The van der Waals surface area contributed by atoms with Gasteiger partial charge in [-0.05, 0) is 31.2 Å². The van der Waals surface area contributed by atoms with Gasteiger partial charge in [0, 0.05) is 25.4 Å². The molecule has 3 rings (SSSR count). The number of carbonyl (C=O) groups is 2. The highest BCUT2D eigenvalue weighted by Crippen LogP contribution is 2.14. The molecule has 3 N–H and O–H groups in total. The van der Waals surface area contributed by atoms with Crippen molar-refractivity contribution >= 4 is 17.9 Å². The van der Waals surface area contributed by atoms with E-state index < -0.39 is 12.0 Å². The summed E-state index contributed by atoms with van der Waals surface area (Å²) in [6.45, 7) is 0.820. The highest BCUT2D eigenvalue weighted by molar-refractivity contribution is 5.87. The maximum atomic E-state index is 12.3. The summed E-state index contributed by atoms with van der Waals surface area (Å²) in [5, 5.41) is 18.7. The van der Waals surface area contributed by atoms with Crippen molar-refractivity contribution in [1.82, 2.24) is 20.1 Å². The van der Waals surface area contributed by atoms with Gasteiger partial charge in [0.05, 0.1) is 0 Å². The maximum absolute atomic E-state index is 12.3. The summed E-state index contributed by atoms with van der Waals surface area (Å²) in [6, 6.07) is 8.97. The van der Waals surface area contributed by atoms with Crippen molar-refractivity contribution in [2.75, 3.05) is 5.32 Å². The van der Waals surface area contributed by atoms with Crippen LogP contribution in [0.25, 0.3) is 0 Å². The summed E-state index contributed by atoms with van der Waals surface area (Å²) >= 11 is 0. The van der Waals surface area contributed by atoms with Crippen LogP contribution in [-0.4, -0.2) is 37.9 Å². The van der Waals surface area contributed by atoms with Gasteiger partial charge in [0.25, 0.3) is 0 Å². The lowest BCUT2D eigenvalue weighted by Gasteiger charge is -2.18. The lowest BCUT2D eigenvalue weighted by Crippen LogP contribution is -2.39. The molecule has 0 saturated carbocycles. The largest absolute Gasteiger partial charge is 0.481 e. The molecule has 0 aliphatic carbocycles. The van der Waals surface area contributed by atoms with Gasteiger partial charge in [0.15, 0.2) is 0 Å². The van der Waals surface area contributed by atoms with Crippen molar-refractivity contribution in [2.24, 2.45) is 0 Å². The van der Waals surface area contributed by atoms with Crippen LogP contribution in [0.1, 0.15) is 37.1 Å². The molecule has 1 aliphatic rings. The van der Waals surface area contributed by atoms with Crippen LogP contribution < -0.4 is 10.6 Å². The predicted octanol–water partition coefficient (Wildman–Crippen LogP) is 2.21. The van der Waals surface area contributed by atoms with Gasteiger partial charge in [-0.25, -0.2) is 9.48 Å². The minimum atomic E-state index is -0.881. The first kappa shape index (κ1) is 17.9. The van der Waals surface area contributed by atoms with Crippen LogP contribution in [0.5, 0.6) is 0 Å². The molecule has 0 bridgehead atoms. The van der Waals surface area contributed by atoms with Crippen molar-refractivity contribution in [3.63, 3.8) is 0 Å². The first-order valence-corrected chi connectivity index (χ1v) is 8.87. The fraction of sp³-hybridized carbons (Fsp3) is 0.444. The quantitative estimate of drug-likeness (QED) is 0.704. The highest BCUT2D eigenvalue weighted by Gasteiger charge is 2.18. The Morgan fingerprint density at radius 2 is 2.04 bits per heavy atom. The van der Waals surface area contributed by atoms with E-state index >= 15 is 0 Å². The van der Waals surface area contributed by atoms with E-state index in [0.29, 0.717) is 12.8 Å². The number of nitrogens with one attached hydrogen (secondary N) is 2. The molecule has 0 fully saturated rings. The van der Waals surface area contributed by atoms with Crippen LogP contribution in [0.15, 0.2) is 30.3 Å². The molecule has 8 nitrogen and oxygen atoms in total. The molecule has 1 unspecified atom stereocenters. The molecule has 1 aromatic heterocycles. The van der Waals surface area contributed by atoms with E-state index in [1.165, 1.54) is 0 Å². The van der Waals surface area contributed by atoms with Gasteiger partial charge in [-0.2, -0.15) is 4.98 Å². The minimum absolute atomic E-state index is 0.00515. The average Bonchev–Trinajstić information content (AvgIpc) is 3.02. The molecule has 1 atom stereocenters. The summed E-state index contributed by atoms with van der Waals surface area (Å²) in [5.41, 5.74) is 1.04. The van der Waals surface area contributed by atoms with Crippen molar-refractivity contribution in [3.8, 4) is 0 Å². The average molecular weight is 357 g/mol. The number of rotatable bonds is 7. The van der Waals surface area contributed by atoms with Crippen LogP contribution in [0.2, 0.25) is 0 Å². The molecule has 8 heteroatoms. The number of benzene rings is 1. The number of aliphatic carboxylic acids is 1. The predicted molar refractivity (Wildman–Crippen MR) is 95.9 cm³/mol. The van der Waals surface area contributed by atoms with E-state index in [1.807, 2.05) is 35.0 Å². The molecule has 0 spiro atoms. The van der Waals surface area contributed by atoms with Crippen LogP contribution in [0, 0.1) is 0 Å². The third-order valence-corrected chi connectivity index (χ3v) is 4.36. The molecular weight excluding hydrogens is 334 g/mol. The molecule has 138 valence electrons. The van der Waals surface area contributed by atoms with Gasteiger partial charge in [0.1, 0.15) is 5.82 Å². The number of aromatic nitrogens is 3. The number of carboxylic acid groups (broad SMARTS) is 1. The van der Waals surface area contributed by atoms with Crippen molar-refractivity contribution < 1.29 is 14.7 Å². The zero-order chi connectivity index (χ0) is 18.4. The zero-order valence-electron chi connectivity index (χ0n) is 14.5. The third-order valence-electron chi connectivity index (χ3n) is 4.36. The summed E-state index contributed by atoms with van der Waals surface area (Å²) in [5.74, 6) is 0.295. The maximum Gasteiger partial charge on any atom is 0.321 e. The van der Waals surface area contributed by atoms with E-state index in [4.69, 9.17) is 5.11 Å². The molecular formula is C18H23N5O3. The third kappa shape index (κ3) is 5.05. The van der Waals surface area contributed by atoms with Crippen LogP contribution in [0.3, 0.4) is 0 Å². The lowest BCUT2D eigenvalue weighted by atomic mass is 10.0. The number of nitrogens with zero attached hydrogens (tertiary/aromatic N) is 3. The number of carboxylic acids is 1. The van der Waals surface area contributed by atoms with Crippen molar-refractivity contribution in [2.45, 2.75) is 51.1 Å². The van der Waals surface area contributed by atoms with Gasteiger partial charge in [-0.15, -0.1) is 5.10 Å². The van der Waals surface area contributed by atoms with E-state index in [-0.39, 0.29) is 18.4 Å². The van der Waals surface area contributed by atoms with Crippen molar-refractivity contribution in [3.05, 3.63) is 41.7 Å². The second-order valence-electron chi connectivity index (χ2n) is 6.45. The van der Waals surface area contributed by atoms with Gasteiger partial charge >= 0.3 is 12.0 Å². The number of amides is 2. The Balaban J connectivity index is 1.60. The highest BCUT2D eigenvalue weighted by atomic mass is 16.4. The summed E-state index contributed by atoms with van der Waals surface area (Å²) in [4.78, 5) is 27.5. The monoisotopic (exact) mass is 357 g/mol. The molecule has 2 amide bonds. The second-order valence-corrected chi connectivity index (χ2v) is 6.45. The molecule has 1 aromatic carbocycles. The Bertz CT molecular complexity index is 736. The number of carbonyl (C=O) groups excluding carboxylic acids is 1. The standard InChI is InChI=1S/C18H23N5O3/c24-16(25)10-9-14(12-13-6-2-1-3-7-13)19-18(26)21-17-20-15-8-4-5-11-23(15)22-17/h1-3,6-7,14H,4-5,8-12H2,(H,24,25)(H2,19,21,22,26). The lowest BCUT2D eigenvalue weighted by molar-refractivity contribution is -0.137. The van der Waals surface area contributed by atoms with Crippen LogP contribution in [0.4, 0.5) is 10.7 Å². The smallest absolute Gasteiger partial charge is 0.321 e. The molecule has 1 aliphatic heterocycles. The normalized spacial score (nSPS) is 14.3. The fourth-order valence-electron chi connectivity index (χ4n) is 3.08. The van der Waals surface area contributed by atoms with Gasteiger partial charge in [0.2, 0.25) is 5.95 Å². The van der Waals surface area contributed by atoms with Gasteiger partial charge in [-0.3, -0.25) is 10.1 Å². The number of fused-ring (bicyclic) bond motifs is 1. The molecule has 2 aromatic rings. The molecule has 26 heavy (non-hydrogen) atoms. The zero-order valence-corrected chi connectivity index (χ0v) is 14.5. The number of hydrogen-bond acceptors (Lipinski definition) is 4. The Kier molecular flexibility index (Phi) is 5.83. The van der Waals surface area contributed by atoms with E-state index in [1.54, 1.807) is 0 Å². The molecule has 0 radical (unpaired) electrons. The van der Waals surface area contributed by atoms with E-state index in [0.717, 1.165) is 37.2 Å². The fourth-order valence-corrected chi connectivity index (χ4v) is 3.08. The van der Waals surface area contributed by atoms with E-state index in [2.05, 4.69) is 20.7 Å². The number of urea groups is 1. The number of hydrogen-bond donors (Lipinski definition) is 3. The molecule has 0 saturated heterocycles. The Morgan fingerprint density at radius 3 is 2.77 bits per heavy atom.